The molecule has 1 aromatic rings. The van der Waals surface area contributed by atoms with Gasteiger partial charge in [0.05, 0.1) is 6.10 Å². The third-order valence-electron chi connectivity index (χ3n) is 2.31. The summed E-state index contributed by atoms with van der Waals surface area (Å²) in [6.45, 7) is 0.867. The number of aliphatic hydroxyl groups is 1. The van der Waals surface area contributed by atoms with Crippen molar-refractivity contribution in [1.82, 2.24) is 4.90 Å². The molecule has 14 heavy (non-hydrogen) atoms. The van der Waals surface area contributed by atoms with E-state index in [1.807, 2.05) is 0 Å². The van der Waals surface area contributed by atoms with Crippen LogP contribution in [0.1, 0.15) is 10.4 Å². The first kappa shape index (κ1) is 9.02. The van der Waals surface area contributed by atoms with Gasteiger partial charge in [-0.3, -0.25) is 4.79 Å². The predicted octanol–water partition coefficient (Wildman–Crippen LogP) is 0.0855. The average molecular weight is 192 g/mol. The van der Waals surface area contributed by atoms with Gasteiger partial charge in [-0.15, -0.1) is 0 Å². The summed E-state index contributed by atoms with van der Waals surface area (Å²) in [5.41, 5.74) is 6.77. The maximum atomic E-state index is 11.7. The number of aliphatic hydroxyl groups excluding tert-OH is 1. The van der Waals surface area contributed by atoms with Crippen molar-refractivity contribution in [2.24, 2.45) is 0 Å². The summed E-state index contributed by atoms with van der Waals surface area (Å²) in [4.78, 5) is 13.3. The fourth-order valence-electron chi connectivity index (χ4n) is 1.43. The molecule has 1 aliphatic rings. The number of carbonyl (C=O) groups excluding carboxylic acids is 1. The number of hydrogen-bond donors (Lipinski definition) is 2. The molecule has 1 fully saturated rings. The van der Waals surface area contributed by atoms with Crippen molar-refractivity contribution in [3.8, 4) is 0 Å². The molecule has 0 radical (unpaired) electrons. The van der Waals surface area contributed by atoms with Gasteiger partial charge in [0.2, 0.25) is 0 Å². The van der Waals surface area contributed by atoms with Crippen LogP contribution in [-0.4, -0.2) is 35.1 Å². The highest BCUT2D eigenvalue weighted by atomic mass is 16.3. The van der Waals surface area contributed by atoms with Crippen LogP contribution < -0.4 is 5.73 Å². The second kappa shape index (κ2) is 3.31. The normalized spacial score (nSPS) is 16.5. The molecule has 0 aromatic heterocycles. The van der Waals surface area contributed by atoms with Gasteiger partial charge in [-0.2, -0.15) is 0 Å². The monoisotopic (exact) mass is 192 g/mol. The van der Waals surface area contributed by atoms with Gasteiger partial charge in [0.15, 0.2) is 0 Å². The van der Waals surface area contributed by atoms with Gasteiger partial charge in [-0.05, 0) is 24.3 Å². The number of carbonyl (C=O) groups is 1. The number of rotatable bonds is 1. The van der Waals surface area contributed by atoms with Crippen LogP contribution in [0.4, 0.5) is 5.69 Å². The Hall–Kier alpha value is -1.55. The molecule has 1 aromatic carbocycles. The van der Waals surface area contributed by atoms with Gasteiger partial charge in [0.1, 0.15) is 0 Å². The van der Waals surface area contributed by atoms with Crippen molar-refractivity contribution >= 4 is 11.6 Å². The molecule has 0 aliphatic carbocycles. The van der Waals surface area contributed by atoms with Gasteiger partial charge in [-0.1, -0.05) is 0 Å². The Morgan fingerprint density at radius 3 is 2.43 bits per heavy atom. The Balaban J connectivity index is 2.08. The summed E-state index contributed by atoms with van der Waals surface area (Å²) in [6.07, 6.45) is -0.354. The van der Waals surface area contributed by atoms with Crippen LogP contribution in [0.15, 0.2) is 24.3 Å². The van der Waals surface area contributed by atoms with Crippen LogP contribution in [-0.2, 0) is 0 Å². The lowest BCUT2D eigenvalue weighted by atomic mass is 10.1. The Morgan fingerprint density at radius 2 is 1.93 bits per heavy atom. The van der Waals surface area contributed by atoms with Crippen molar-refractivity contribution in [3.05, 3.63) is 29.8 Å². The number of nitrogen functional groups attached to an aromatic ring is 1. The quantitative estimate of drug-likeness (QED) is 0.619. The van der Waals surface area contributed by atoms with Gasteiger partial charge < -0.3 is 15.7 Å². The van der Waals surface area contributed by atoms with E-state index in [1.54, 1.807) is 29.2 Å². The van der Waals surface area contributed by atoms with Gasteiger partial charge >= 0.3 is 0 Å². The number of likely N-dealkylation sites (tertiary alicyclic amines) is 1. The van der Waals surface area contributed by atoms with Crippen LogP contribution in [0, 0.1) is 0 Å². The second-order valence-electron chi connectivity index (χ2n) is 3.49. The molecule has 0 unspecified atom stereocenters. The Bertz CT molecular complexity index is 342. The number of anilines is 1. The van der Waals surface area contributed by atoms with Crippen LogP contribution in [0.25, 0.3) is 0 Å². The SMILES string of the molecule is Nc1ccc(C(=O)N2CC(O)C2)cc1. The summed E-state index contributed by atoms with van der Waals surface area (Å²) >= 11 is 0. The highest BCUT2D eigenvalue weighted by Crippen LogP contribution is 2.14. The number of amides is 1. The summed E-state index contributed by atoms with van der Waals surface area (Å²) in [5.74, 6) is -0.0460. The fraction of sp³-hybridized carbons (Fsp3) is 0.300. The topological polar surface area (TPSA) is 66.6 Å². The van der Waals surface area contributed by atoms with Gasteiger partial charge in [0.25, 0.3) is 5.91 Å². The Kier molecular flexibility index (Phi) is 2.13. The molecule has 0 atom stereocenters. The van der Waals surface area contributed by atoms with E-state index in [0.29, 0.717) is 24.3 Å². The van der Waals surface area contributed by atoms with Crippen molar-refractivity contribution < 1.29 is 9.90 Å². The van der Waals surface area contributed by atoms with Gasteiger partial charge in [0, 0.05) is 24.3 Å². The minimum atomic E-state index is -0.354. The number of benzene rings is 1. The van der Waals surface area contributed by atoms with Crippen molar-refractivity contribution in [2.45, 2.75) is 6.10 Å². The molecule has 3 N–H and O–H groups in total. The summed E-state index contributed by atoms with van der Waals surface area (Å²) in [6, 6.07) is 6.79. The van der Waals surface area contributed by atoms with Crippen molar-refractivity contribution in [3.63, 3.8) is 0 Å². The lowest BCUT2D eigenvalue weighted by Crippen LogP contribution is -2.53. The highest BCUT2D eigenvalue weighted by Gasteiger charge is 2.29. The summed E-state index contributed by atoms with van der Waals surface area (Å²) < 4.78 is 0. The number of hydrogen-bond acceptors (Lipinski definition) is 3. The van der Waals surface area contributed by atoms with E-state index < -0.39 is 0 Å². The summed E-state index contributed by atoms with van der Waals surface area (Å²) in [7, 11) is 0. The molecule has 0 spiro atoms. The van der Waals surface area contributed by atoms with Crippen LogP contribution in [0.2, 0.25) is 0 Å². The number of nitrogens with two attached hydrogens (primary N) is 1. The van der Waals surface area contributed by atoms with Crippen molar-refractivity contribution in [1.29, 1.82) is 0 Å². The smallest absolute Gasteiger partial charge is 0.254 e. The third kappa shape index (κ3) is 1.56. The minimum absolute atomic E-state index is 0.0460. The van der Waals surface area contributed by atoms with Crippen molar-refractivity contribution in [2.75, 3.05) is 18.8 Å². The molecule has 0 bridgehead atoms. The molecule has 1 amide bonds. The molecule has 0 saturated carbocycles. The Morgan fingerprint density at radius 1 is 1.36 bits per heavy atom. The average Bonchev–Trinajstić information content (AvgIpc) is 2.13. The van der Waals surface area contributed by atoms with Gasteiger partial charge in [-0.25, -0.2) is 0 Å². The Labute approximate surface area is 81.9 Å². The molecular formula is C10H12N2O2. The number of β-amino-alcohol motifs (C(OH)–C–C–N with tert-alkyl or cyclic N) is 1. The van der Waals surface area contributed by atoms with Crippen LogP contribution in [0.3, 0.4) is 0 Å². The molecule has 1 heterocycles. The van der Waals surface area contributed by atoms with E-state index in [9.17, 15) is 4.79 Å². The fourth-order valence-corrected chi connectivity index (χ4v) is 1.43. The standard InChI is InChI=1S/C10H12N2O2/c11-8-3-1-7(2-4-8)10(14)12-5-9(13)6-12/h1-4,9,13H,5-6,11H2. The first-order valence-corrected chi connectivity index (χ1v) is 4.49. The lowest BCUT2D eigenvalue weighted by molar-refractivity contribution is 0.00590. The first-order chi connectivity index (χ1) is 6.66. The zero-order valence-corrected chi connectivity index (χ0v) is 7.68. The van der Waals surface area contributed by atoms with E-state index in [2.05, 4.69) is 0 Å². The lowest BCUT2D eigenvalue weighted by Gasteiger charge is -2.35. The zero-order valence-electron chi connectivity index (χ0n) is 7.68. The molecular weight excluding hydrogens is 180 g/mol. The zero-order chi connectivity index (χ0) is 10.1. The first-order valence-electron chi connectivity index (χ1n) is 4.49. The second-order valence-corrected chi connectivity index (χ2v) is 3.49. The van der Waals surface area contributed by atoms with E-state index in [0.717, 1.165) is 0 Å². The molecule has 1 aliphatic heterocycles. The van der Waals surface area contributed by atoms with E-state index in [-0.39, 0.29) is 12.0 Å². The molecule has 74 valence electrons. The van der Waals surface area contributed by atoms with E-state index in [4.69, 9.17) is 10.8 Å². The van der Waals surface area contributed by atoms with Crippen LogP contribution in [0.5, 0.6) is 0 Å². The third-order valence-corrected chi connectivity index (χ3v) is 2.31. The maximum absolute atomic E-state index is 11.7. The summed E-state index contributed by atoms with van der Waals surface area (Å²) in [5, 5.41) is 9.04. The van der Waals surface area contributed by atoms with E-state index >= 15 is 0 Å². The predicted molar refractivity (Wildman–Crippen MR) is 52.8 cm³/mol. The molecule has 1 saturated heterocycles. The maximum Gasteiger partial charge on any atom is 0.254 e. The largest absolute Gasteiger partial charge is 0.399 e. The molecule has 2 rings (SSSR count). The molecule has 4 heteroatoms. The highest BCUT2D eigenvalue weighted by molar-refractivity contribution is 5.95. The molecule has 4 nitrogen and oxygen atoms in total. The number of nitrogens with zero attached hydrogens (tertiary/aromatic N) is 1. The van der Waals surface area contributed by atoms with Crippen LogP contribution >= 0.6 is 0 Å². The van der Waals surface area contributed by atoms with E-state index in [1.165, 1.54) is 0 Å². The minimum Gasteiger partial charge on any atom is -0.399 e.